The SMILES string of the molecule is CN(C)C(=O)C1CN(c2ccc3ccc(Br)cc3n2)C1. The smallest absolute Gasteiger partial charge is 0.228 e. The number of halogens is 1. The molecule has 4 nitrogen and oxygen atoms in total. The number of hydrogen-bond acceptors (Lipinski definition) is 3. The Morgan fingerprint density at radius 3 is 2.70 bits per heavy atom. The average molecular weight is 334 g/mol. The van der Waals surface area contributed by atoms with E-state index in [0.717, 1.165) is 34.3 Å². The van der Waals surface area contributed by atoms with E-state index < -0.39 is 0 Å². The van der Waals surface area contributed by atoms with Gasteiger partial charge in [0.1, 0.15) is 5.82 Å². The second-order valence-electron chi connectivity index (χ2n) is 5.34. The van der Waals surface area contributed by atoms with Gasteiger partial charge >= 0.3 is 0 Å². The van der Waals surface area contributed by atoms with Crippen LogP contribution in [0.15, 0.2) is 34.8 Å². The summed E-state index contributed by atoms with van der Waals surface area (Å²) in [5.41, 5.74) is 0.972. The van der Waals surface area contributed by atoms with Gasteiger partial charge < -0.3 is 9.80 Å². The lowest BCUT2D eigenvalue weighted by molar-refractivity contribution is -0.133. The monoisotopic (exact) mass is 333 g/mol. The van der Waals surface area contributed by atoms with Crippen LogP contribution in [0.3, 0.4) is 0 Å². The van der Waals surface area contributed by atoms with Gasteiger partial charge in [-0.15, -0.1) is 0 Å². The number of benzene rings is 1. The zero-order valence-electron chi connectivity index (χ0n) is 11.5. The Labute approximate surface area is 126 Å². The Morgan fingerprint density at radius 2 is 2.00 bits per heavy atom. The maximum atomic E-state index is 11.8. The molecule has 1 aromatic carbocycles. The number of fused-ring (bicyclic) bond motifs is 1. The van der Waals surface area contributed by atoms with Crippen molar-refractivity contribution < 1.29 is 4.79 Å². The summed E-state index contributed by atoms with van der Waals surface area (Å²) in [6, 6.07) is 10.2. The normalized spacial score (nSPS) is 15.2. The molecule has 1 aliphatic heterocycles. The minimum atomic E-state index is 0.102. The fourth-order valence-corrected chi connectivity index (χ4v) is 2.79. The van der Waals surface area contributed by atoms with E-state index in [1.54, 1.807) is 19.0 Å². The molecule has 2 heterocycles. The molecule has 0 atom stereocenters. The second-order valence-corrected chi connectivity index (χ2v) is 6.26. The number of anilines is 1. The van der Waals surface area contributed by atoms with E-state index in [4.69, 9.17) is 0 Å². The number of carbonyl (C=O) groups is 1. The topological polar surface area (TPSA) is 36.4 Å². The van der Waals surface area contributed by atoms with E-state index in [-0.39, 0.29) is 11.8 Å². The van der Waals surface area contributed by atoms with Gasteiger partial charge in [0.05, 0.1) is 11.4 Å². The van der Waals surface area contributed by atoms with Crippen LogP contribution < -0.4 is 4.90 Å². The summed E-state index contributed by atoms with van der Waals surface area (Å²) in [5.74, 6) is 1.24. The Balaban J connectivity index is 1.78. The highest BCUT2D eigenvalue weighted by molar-refractivity contribution is 9.10. The van der Waals surface area contributed by atoms with Crippen LogP contribution >= 0.6 is 15.9 Å². The molecule has 0 spiro atoms. The van der Waals surface area contributed by atoms with Crippen LogP contribution in [0.5, 0.6) is 0 Å². The molecule has 0 saturated carbocycles. The number of rotatable bonds is 2. The molecule has 0 unspecified atom stereocenters. The fraction of sp³-hybridized carbons (Fsp3) is 0.333. The van der Waals surface area contributed by atoms with Crippen LogP contribution in [0.4, 0.5) is 5.82 Å². The average Bonchev–Trinajstić information content (AvgIpc) is 2.36. The maximum absolute atomic E-state index is 11.8. The Bertz CT molecular complexity index is 665. The quantitative estimate of drug-likeness (QED) is 0.847. The first kappa shape index (κ1) is 13.4. The first-order chi connectivity index (χ1) is 9.54. The van der Waals surface area contributed by atoms with Crippen molar-refractivity contribution in [1.82, 2.24) is 9.88 Å². The molecular formula is C15H16BrN3O. The van der Waals surface area contributed by atoms with Crippen LogP contribution in [0.1, 0.15) is 0 Å². The lowest BCUT2D eigenvalue weighted by atomic mass is 9.98. The number of hydrogen-bond donors (Lipinski definition) is 0. The summed E-state index contributed by atoms with van der Waals surface area (Å²) in [4.78, 5) is 20.3. The van der Waals surface area contributed by atoms with Crippen LogP contribution in [-0.4, -0.2) is 43.0 Å². The number of nitrogens with zero attached hydrogens (tertiary/aromatic N) is 3. The minimum absolute atomic E-state index is 0.102. The third kappa shape index (κ3) is 2.38. The molecule has 3 rings (SSSR count). The number of pyridine rings is 1. The summed E-state index contributed by atoms with van der Waals surface area (Å²) < 4.78 is 1.03. The molecule has 0 N–H and O–H groups in total. The van der Waals surface area contributed by atoms with Gasteiger partial charge in [0.2, 0.25) is 5.91 Å². The predicted octanol–water partition coefficient (Wildman–Crippen LogP) is 2.52. The number of aromatic nitrogens is 1. The van der Waals surface area contributed by atoms with Crippen molar-refractivity contribution in [2.45, 2.75) is 0 Å². The van der Waals surface area contributed by atoms with Gasteiger partial charge in [-0.2, -0.15) is 0 Å². The second kappa shape index (κ2) is 5.05. The van der Waals surface area contributed by atoms with E-state index in [1.807, 2.05) is 24.3 Å². The summed E-state index contributed by atoms with van der Waals surface area (Å²) >= 11 is 3.47. The lowest BCUT2D eigenvalue weighted by Crippen LogP contribution is -2.53. The Morgan fingerprint density at radius 1 is 1.30 bits per heavy atom. The van der Waals surface area contributed by atoms with Gasteiger partial charge in [0, 0.05) is 37.0 Å². The molecule has 2 aromatic rings. The molecule has 1 saturated heterocycles. The van der Waals surface area contributed by atoms with Crippen LogP contribution in [0.2, 0.25) is 0 Å². The third-order valence-electron chi connectivity index (χ3n) is 3.64. The van der Waals surface area contributed by atoms with E-state index in [9.17, 15) is 4.79 Å². The standard InChI is InChI=1S/C15H16BrN3O/c1-18(2)15(20)11-8-19(9-11)14-6-4-10-3-5-12(16)7-13(10)17-14/h3-7,11H,8-9H2,1-2H3. The van der Waals surface area contributed by atoms with Gasteiger partial charge in [0.15, 0.2) is 0 Å². The minimum Gasteiger partial charge on any atom is -0.355 e. The lowest BCUT2D eigenvalue weighted by Gasteiger charge is -2.40. The first-order valence-corrected chi connectivity index (χ1v) is 7.36. The first-order valence-electron chi connectivity index (χ1n) is 6.57. The van der Waals surface area contributed by atoms with E-state index in [1.165, 1.54) is 0 Å². The van der Waals surface area contributed by atoms with Crippen molar-refractivity contribution in [3.8, 4) is 0 Å². The van der Waals surface area contributed by atoms with Gasteiger partial charge in [-0.1, -0.05) is 22.0 Å². The molecule has 0 bridgehead atoms. The van der Waals surface area contributed by atoms with E-state index in [0.29, 0.717) is 0 Å². The van der Waals surface area contributed by atoms with Crippen molar-refractivity contribution in [1.29, 1.82) is 0 Å². The molecule has 1 amide bonds. The van der Waals surface area contributed by atoms with Crippen LogP contribution in [0, 0.1) is 5.92 Å². The Kier molecular flexibility index (Phi) is 3.38. The predicted molar refractivity (Wildman–Crippen MR) is 83.8 cm³/mol. The van der Waals surface area contributed by atoms with Crippen molar-refractivity contribution in [2.75, 3.05) is 32.1 Å². The third-order valence-corrected chi connectivity index (χ3v) is 4.13. The highest BCUT2D eigenvalue weighted by Crippen LogP contribution is 2.27. The van der Waals surface area contributed by atoms with Crippen molar-refractivity contribution in [2.24, 2.45) is 5.92 Å². The molecule has 1 aromatic heterocycles. The zero-order chi connectivity index (χ0) is 14.3. The summed E-state index contributed by atoms with van der Waals surface area (Å²) in [6.45, 7) is 1.51. The summed E-state index contributed by atoms with van der Waals surface area (Å²) in [6.07, 6.45) is 0. The van der Waals surface area contributed by atoms with E-state index >= 15 is 0 Å². The molecule has 20 heavy (non-hydrogen) atoms. The zero-order valence-corrected chi connectivity index (χ0v) is 13.1. The number of carbonyl (C=O) groups excluding carboxylic acids is 1. The molecule has 104 valence electrons. The van der Waals surface area contributed by atoms with Crippen molar-refractivity contribution in [3.05, 3.63) is 34.8 Å². The molecule has 1 fully saturated rings. The molecule has 0 aliphatic carbocycles. The molecular weight excluding hydrogens is 318 g/mol. The van der Waals surface area contributed by atoms with Crippen LogP contribution in [0.25, 0.3) is 10.9 Å². The summed E-state index contributed by atoms with van der Waals surface area (Å²) in [7, 11) is 3.60. The summed E-state index contributed by atoms with van der Waals surface area (Å²) in [5, 5.41) is 1.12. The number of amides is 1. The molecule has 0 radical (unpaired) electrons. The largest absolute Gasteiger partial charge is 0.355 e. The molecule has 5 heteroatoms. The van der Waals surface area contributed by atoms with E-state index in [2.05, 4.69) is 31.9 Å². The van der Waals surface area contributed by atoms with Crippen LogP contribution in [-0.2, 0) is 4.79 Å². The molecule has 1 aliphatic rings. The van der Waals surface area contributed by atoms with Gasteiger partial charge in [-0.05, 0) is 24.3 Å². The van der Waals surface area contributed by atoms with Crippen molar-refractivity contribution >= 4 is 38.6 Å². The Hall–Kier alpha value is -1.62. The van der Waals surface area contributed by atoms with Gasteiger partial charge in [-0.25, -0.2) is 4.98 Å². The highest BCUT2D eigenvalue weighted by Gasteiger charge is 2.34. The van der Waals surface area contributed by atoms with Gasteiger partial charge in [0.25, 0.3) is 0 Å². The van der Waals surface area contributed by atoms with Crippen molar-refractivity contribution in [3.63, 3.8) is 0 Å². The highest BCUT2D eigenvalue weighted by atomic mass is 79.9. The van der Waals surface area contributed by atoms with Gasteiger partial charge in [-0.3, -0.25) is 4.79 Å². The fourth-order valence-electron chi connectivity index (χ4n) is 2.44. The maximum Gasteiger partial charge on any atom is 0.228 e.